The van der Waals surface area contributed by atoms with Crippen LogP contribution in [0.25, 0.3) is 10.9 Å². The summed E-state index contributed by atoms with van der Waals surface area (Å²) in [5, 5.41) is 6.61. The molecule has 0 saturated carbocycles. The first kappa shape index (κ1) is 24.8. The maximum Gasteiger partial charge on any atom is 0.224 e. The molecule has 0 radical (unpaired) electrons. The van der Waals surface area contributed by atoms with E-state index >= 15 is 0 Å². The molecule has 2 saturated heterocycles. The minimum absolute atomic E-state index is 0.168. The number of benzene rings is 1. The van der Waals surface area contributed by atoms with Crippen molar-refractivity contribution in [3.8, 4) is 0 Å². The van der Waals surface area contributed by atoms with E-state index in [-0.39, 0.29) is 24.1 Å². The Morgan fingerprint density at radius 1 is 1.24 bits per heavy atom. The second-order valence-corrected chi connectivity index (χ2v) is 16.8. The van der Waals surface area contributed by atoms with Crippen LogP contribution in [0.4, 0.5) is 4.79 Å². The lowest BCUT2D eigenvalue weighted by Gasteiger charge is -2.38. The first-order valence-electron chi connectivity index (χ1n) is 11.5. The molecular weight excluding hydrogens is 476 g/mol. The molecule has 34 heavy (non-hydrogen) atoms. The van der Waals surface area contributed by atoms with Crippen LogP contribution >= 0.6 is 0 Å². The number of H-pyrrole nitrogens is 1. The lowest BCUT2D eigenvalue weighted by atomic mass is 10.0. The molecular formula is C22H32N4O6SSi. The fourth-order valence-electron chi connectivity index (χ4n) is 4.45. The molecule has 10 nitrogen and oxygen atoms in total. The van der Waals surface area contributed by atoms with Gasteiger partial charge in [-0.1, -0.05) is 19.2 Å². The van der Waals surface area contributed by atoms with Gasteiger partial charge in [0.25, 0.3) is 0 Å². The van der Waals surface area contributed by atoms with Crippen molar-refractivity contribution in [2.75, 3.05) is 32.1 Å². The third kappa shape index (κ3) is 5.19. The van der Waals surface area contributed by atoms with Gasteiger partial charge in [-0.05, 0) is 23.7 Å². The van der Waals surface area contributed by atoms with Crippen LogP contribution in [0.15, 0.2) is 24.4 Å². The number of nitrogens with one attached hydrogen (secondary N) is 1. The van der Waals surface area contributed by atoms with Crippen LogP contribution in [-0.4, -0.2) is 80.9 Å². The van der Waals surface area contributed by atoms with E-state index in [0.29, 0.717) is 44.7 Å². The summed E-state index contributed by atoms with van der Waals surface area (Å²) in [6, 6.07) is 5.46. The van der Waals surface area contributed by atoms with Crippen molar-refractivity contribution in [1.29, 1.82) is 0 Å². The zero-order valence-corrected chi connectivity index (χ0v) is 21.4. The summed E-state index contributed by atoms with van der Waals surface area (Å²) in [4.78, 5) is 26.7. The standard InChI is InChI=1S/C22H32N4O6SSi/c1-34(2,21(23)28)12-11-33(29,30)19(16-3-4-18-17(13-16)15-24-25-18)14-20(27)26-7-5-22(6-8-26)31-9-10-32-22/h3-4,13,15,19H,5-12,14H2,1-2H3,(H2,23,28)(H,24,25). The molecule has 1 unspecified atom stereocenters. The summed E-state index contributed by atoms with van der Waals surface area (Å²) < 4.78 is 38.5. The largest absolute Gasteiger partial charge is 0.374 e. The molecule has 12 heteroatoms. The van der Waals surface area contributed by atoms with Gasteiger partial charge in [-0.15, -0.1) is 0 Å². The summed E-state index contributed by atoms with van der Waals surface area (Å²) in [5.74, 6) is -1.03. The highest BCUT2D eigenvalue weighted by molar-refractivity contribution is 7.91. The van der Waals surface area contributed by atoms with Gasteiger partial charge in [0.05, 0.1) is 30.2 Å². The zero-order chi connectivity index (χ0) is 24.6. The fraction of sp³-hybridized carbons (Fsp3) is 0.591. The Balaban J connectivity index is 1.54. The molecule has 2 amide bonds. The Kier molecular flexibility index (Phi) is 6.87. The van der Waals surface area contributed by atoms with E-state index in [1.54, 1.807) is 42.4 Å². The molecule has 2 aliphatic heterocycles. The summed E-state index contributed by atoms with van der Waals surface area (Å²) in [7, 11) is -6.29. The van der Waals surface area contributed by atoms with Gasteiger partial charge in [-0.3, -0.25) is 14.7 Å². The fourth-order valence-corrected chi connectivity index (χ4v) is 9.11. The van der Waals surface area contributed by atoms with Crippen LogP contribution in [0, 0.1) is 0 Å². The van der Waals surface area contributed by atoms with Crippen molar-refractivity contribution in [1.82, 2.24) is 15.1 Å². The number of nitrogens with two attached hydrogens (primary N) is 1. The number of hydrogen-bond acceptors (Lipinski definition) is 7. The maximum absolute atomic E-state index is 13.5. The molecule has 1 spiro atoms. The van der Waals surface area contributed by atoms with Crippen LogP contribution in [0.1, 0.15) is 30.1 Å². The molecule has 1 aromatic heterocycles. The second-order valence-electron chi connectivity index (χ2n) is 9.76. The Morgan fingerprint density at radius 3 is 2.56 bits per heavy atom. The predicted molar refractivity (Wildman–Crippen MR) is 130 cm³/mol. The molecule has 1 aromatic carbocycles. The van der Waals surface area contributed by atoms with Crippen LogP contribution in [0.2, 0.25) is 19.1 Å². The van der Waals surface area contributed by atoms with Crippen molar-refractivity contribution in [3.63, 3.8) is 0 Å². The predicted octanol–water partition coefficient (Wildman–Crippen LogP) is 2.14. The van der Waals surface area contributed by atoms with Gasteiger partial charge in [0.15, 0.2) is 29.2 Å². The number of piperidine rings is 1. The molecule has 0 bridgehead atoms. The number of hydrogen-bond donors (Lipinski definition) is 2. The third-order valence-corrected chi connectivity index (χ3v) is 12.3. The van der Waals surface area contributed by atoms with Gasteiger partial charge in [-0.25, -0.2) is 8.42 Å². The van der Waals surface area contributed by atoms with Gasteiger partial charge in [0.2, 0.25) is 5.91 Å². The number of ether oxygens (including phenoxy) is 2. The van der Waals surface area contributed by atoms with E-state index in [1.165, 1.54) is 0 Å². The van der Waals surface area contributed by atoms with Crippen LogP contribution in [0.3, 0.4) is 0 Å². The Bertz CT molecular complexity index is 1170. The van der Waals surface area contributed by atoms with Gasteiger partial charge < -0.3 is 20.1 Å². The van der Waals surface area contributed by atoms with Crippen molar-refractivity contribution >= 4 is 40.3 Å². The van der Waals surface area contributed by atoms with Gasteiger partial charge >= 0.3 is 0 Å². The number of fused-ring (bicyclic) bond motifs is 1. The average Bonchev–Trinajstić information content (AvgIpc) is 3.45. The van der Waals surface area contributed by atoms with Crippen molar-refractivity contribution in [2.24, 2.45) is 5.73 Å². The Morgan fingerprint density at radius 2 is 1.91 bits per heavy atom. The van der Waals surface area contributed by atoms with Crippen LogP contribution in [-0.2, 0) is 24.1 Å². The SMILES string of the molecule is C[Si](C)(CCS(=O)(=O)C(CC(=O)N1CCC2(CC1)OCCO2)c1ccc2[nH]ncc2c1)C(N)=O. The highest BCUT2D eigenvalue weighted by atomic mass is 32.2. The van der Waals surface area contributed by atoms with E-state index in [1.807, 2.05) is 0 Å². The number of likely N-dealkylation sites (tertiary alicyclic amines) is 1. The zero-order valence-electron chi connectivity index (χ0n) is 19.6. The molecule has 0 aliphatic carbocycles. The molecule has 186 valence electrons. The van der Waals surface area contributed by atoms with E-state index < -0.39 is 34.5 Å². The second kappa shape index (κ2) is 9.40. The highest BCUT2D eigenvalue weighted by Crippen LogP contribution is 2.34. The Labute approximate surface area is 200 Å². The minimum atomic E-state index is -3.75. The summed E-state index contributed by atoms with van der Waals surface area (Å²) in [5.41, 5.74) is 6.40. The van der Waals surface area contributed by atoms with Gasteiger partial charge in [0.1, 0.15) is 0 Å². The number of primary amides is 1. The number of sulfone groups is 1. The molecule has 2 aromatic rings. The third-order valence-electron chi connectivity index (χ3n) is 7.00. The number of carbonyl (C=O) groups is 2. The number of aromatic nitrogens is 2. The first-order chi connectivity index (χ1) is 16.0. The average molecular weight is 509 g/mol. The van der Waals surface area contributed by atoms with Crippen molar-refractivity contribution in [3.05, 3.63) is 30.0 Å². The lowest BCUT2D eigenvalue weighted by Crippen LogP contribution is -2.47. The van der Waals surface area contributed by atoms with Crippen molar-refractivity contribution < 1.29 is 27.5 Å². The normalized spacial score (nSPS) is 19.5. The van der Waals surface area contributed by atoms with Crippen LogP contribution < -0.4 is 5.73 Å². The van der Waals surface area contributed by atoms with E-state index in [4.69, 9.17) is 15.2 Å². The number of aromatic amines is 1. The molecule has 2 aliphatic rings. The molecule has 4 rings (SSSR count). The summed E-state index contributed by atoms with van der Waals surface area (Å²) in [6.07, 6.45) is 2.59. The molecule has 3 heterocycles. The van der Waals surface area contributed by atoms with Gasteiger partial charge in [-0.2, -0.15) is 5.10 Å². The summed E-state index contributed by atoms with van der Waals surface area (Å²) in [6.45, 7) is 5.53. The van der Waals surface area contributed by atoms with Crippen molar-refractivity contribution in [2.45, 2.75) is 49.4 Å². The van der Waals surface area contributed by atoms with E-state index in [9.17, 15) is 18.0 Å². The van der Waals surface area contributed by atoms with Gasteiger partial charge in [0, 0.05) is 43.5 Å². The smallest absolute Gasteiger partial charge is 0.224 e. The number of carbonyl (C=O) groups excluding carboxylic acids is 2. The first-order valence-corrected chi connectivity index (χ1v) is 16.4. The maximum atomic E-state index is 13.5. The molecule has 1 atom stereocenters. The molecule has 2 fully saturated rings. The van der Waals surface area contributed by atoms with E-state index in [0.717, 1.165) is 10.9 Å². The lowest BCUT2D eigenvalue weighted by molar-refractivity contribution is -0.187. The number of nitrogens with zero attached hydrogens (tertiary/aromatic N) is 2. The molecule has 3 N–H and O–H groups in total. The quantitative estimate of drug-likeness (QED) is 0.520. The highest BCUT2D eigenvalue weighted by Gasteiger charge is 2.42. The number of rotatable bonds is 8. The number of amides is 2. The van der Waals surface area contributed by atoms with E-state index in [2.05, 4.69) is 10.2 Å². The Hall–Kier alpha value is -2.28. The summed E-state index contributed by atoms with van der Waals surface area (Å²) >= 11 is 0. The topological polar surface area (TPSA) is 145 Å². The van der Waals surface area contributed by atoms with Crippen LogP contribution in [0.5, 0.6) is 0 Å². The monoisotopic (exact) mass is 508 g/mol. The minimum Gasteiger partial charge on any atom is -0.374 e.